The minimum absolute atomic E-state index is 0.0245. The highest BCUT2D eigenvalue weighted by atomic mass is 16.6. The maximum atomic E-state index is 12.0. The van der Waals surface area contributed by atoms with Gasteiger partial charge in [0, 0.05) is 26.4 Å². The molecule has 2 unspecified atom stereocenters. The third-order valence-electron chi connectivity index (χ3n) is 6.31. The number of benzene rings is 3. The Morgan fingerprint density at radius 3 is 1.83 bits per heavy atom. The van der Waals surface area contributed by atoms with Gasteiger partial charge in [0.05, 0.1) is 31.9 Å². The lowest BCUT2D eigenvalue weighted by Gasteiger charge is -2.16. The van der Waals surface area contributed by atoms with Crippen LogP contribution in [0.1, 0.15) is 43.4 Å². The van der Waals surface area contributed by atoms with Gasteiger partial charge >= 0.3 is 5.97 Å². The third kappa shape index (κ3) is 10.7. The number of aldehydes is 1. The minimum Gasteiger partial charge on any atom is -0.507 e. The number of phenolic OH excluding ortho intramolecular Hbond substituents is 2. The topological polar surface area (TPSA) is 158 Å². The summed E-state index contributed by atoms with van der Waals surface area (Å²) in [5, 5.41) is 21.7. The normalized spacial score (nSPS) is 12.6. The molecule has 0 aliphatic carbocycles. The first-order valence-electron chi connectivity index (χ1n) is 14.3. The van der Waals surface area contributed by atoms with Crippen LogP contribution in [0.4, 0.5) is 0 Å². The van der Waals surface area contributed by atoms with E-state index >= 15 is 0 Å². The summed E-state index contributed by atoms with van der Waals surface area (Å²) in [6, 6.07) is 16.2. The van der Waals surface area contributed by atoms with Gasteiger partial charge in [0.2, 0.25) is 0 Å². The van der Waals surface area contributed by atoms with E-state index in [0.29, 0.717) is 30.6 Å². The Bertz CT molecular complexity index is 1500. The number of hydrogen-bond acceptors (Lipinski definition) is 10. The molecule has 46 heavy (non-hydrogen) atoms. The molecule has 0 aromatic heterocycles. The van der Waals surface area contributed by atoms with Crippen molar-refractivity contribution in [3.8, 4) is 28.7 Å². The molecule has 0 saturated heterocycles. The average molecular weight is 636 g/mol. The van der Waals surface area contributed by atoms with Gasteiger partial charge in [-0.15, -0.1) is 0 Å². The third-order valence-corrected chi connectivity index (χ3v) is 6.31. The summed E-state index contributed by atoms with van der Waals surface area (Å²) in [4.78, 5) is 36.3. The number of methoxy groups -OCH3 is 3. The molecule has 2 atom stereocenters. The summed E-state index contributed by atoms with van der Waals surface area (Å²) in [6.07, 6.45) is 0.0277. The summed E-state index contributed by atoms with van der Waals surface area (Å²) in [6.45, 7) is 7.37. The molecule has 0 bridgehead atoms. The molecule has 0 spiro atoms. The second-order valence-electron chi connectivity index (χ2n) is 9.59. The number of aliphatic imine (C=N–C) groups is 3. The van der Waals surface area contributed by atoms with Gasteiger partial charge in [0.25, 0.3) is 0 Å². The second-order valence-corrected chi connectivity index (χ2v) is 9.59. The molecule has 12 heteroatoms. The van der Waals surface area contributed by atoms with Crippen LogP contribution in [-0.2, 0) is 25.6 Å². The van der Waals surface area contributed by atoms with Crippen molar-refractivity contribution in [3.63, 3.8) is 0 Å². The smallest absolute Gasteiger partial charge is 0.347 e. The molecule has 0 amide bonds. The number of ether oxygens (including phenoxy) is 5. The van der Waals surface area contributed by atoms with Crippen molar-refractivity contribution in [2.45, 2.75) is 45.4 Å². The van der Waals surface area contributed by atoms with Gasteiger partial charge in [-0.05, 0) is 61.5 Å². The zero-order chi connectivity index (χ0) is 34.1. The highest BCUT2D eigenvalue weighted by Crippen LogP contribution is 2.29. The lowest BCUT2D eigenvalue weighted by Crippen LogP contribution is -2.27. The summed E-state index contributed by atoms with van der Waals surface area (Å²) in [5.41, 5.74) is 1.31. The molecule has 246 valence electrons. The van der Waals surface area contributed by atoms with Crippen molar-refractivity contribution >= 4 is 30.6 Å². The maximum absolute atomic E-state index is 12.0. The number of carbonyl (C=O) groups is 2. The van der Waals surface area contributed by atoms with E-state index in [1.165, 1.54) is 25.3 Å². The van der Waals surface area contributed by atoms with Crippen LogP contribution in [0.3, 0.4) is 0 Å². The molecule has 0 saturated carbocycles. The molecule has 0 aliphatic heterocycles. The Labute approximate surface area is 269 Å². The molecule has 12 nitrogen and oxygen atoms in total. The van der Waals surface area contributed by atoms with Gasteiger partial charge in [-0.2, -0.15) is 0 Å². The van der Waals surface area contributed by atoms with Crippen LogP contribution in [0.25, 0.3) is 0 Å². The lowest BCUT2D eigenvalue weighted by atomic mass is 10.1. The Morgan fingerprint density at radius 1 is 0.826 bits per heavy atom. The van der Waals surface area contributed by atoms with Crippen LogP contribution in [0.2, 0.25) is 0 Å². The fraction of sp³-hybridized carbons (Fsp3) is 0.324. The number of rotatable bonds is 13. The van der Waals surface area contributed by atoms with Gasteiger partial charge in [-0.1, -0.05) is 26.0 Å². The first-order chi connectivity index (χ1) is 22.2. The number of carbonyl (C=O) groups excluding carboxylic acids is 2. The Hall–Kier alpha value is -5.23. The highest BCUT2D eigenvalue weighted by molar-refractivity contribution is 6.14. The monoisotopic (exact) mass is 635 g/mol. The molecule has 2 N–H and O–H groups in total. The SMILES string of the molecule is C=NC(=NC(=NCc1ccc(OC)cc1)c1ccc(OC(CC)C(=O)OC)cc1O)c1ccc(OC(C=O)CC)cc1O.COC. The van der Waals surface area contributed by atoms with Gasteiger partial charge in [0.15, 0.2) is 30.2 Å². The number of esters is 1. The zero-order valence-electron chi connectivity index (χ0n) is 26.9. The van der Waals surface area contributed by atoms with Crippen LogP contribution in [0.5, 0.6) is 28.7 Å². The molecule has 3 rings (SSSR count). The van der Waals surface area contributed by atoms with Gasteiger partial charge in [-0.3, -0.25) is 9.79 Å². The standard InChI is InChI=1S/C32H35N3O8.C2H6O/c1-6-21(19-36)42-23-12-14-25(27(37)16-23)30(33-3)35-31(34-18-20-8-10-22(40-4)11-9-20)26-15-13-24(17-28(26)38)43-29(7-2)32(39)41-5;1-3-2/h8-17,19,21,29,37-38H,3,6-7,18H2,1-2,4-5H3;1-2H3. The number of phenols is 2. The fourth-order valence-electron chi connectivity index (χ4n) is 3.88. The molecule has 0 aliphatic rings. The summed E-state index contributed by atoms with van der Waals surface area (Å²) in [7, 11) is 6.10. The molecule has 0 fully saturated rings. The lowest BCUT2D eigenvalue weighted by molar-refractivity contribution is -0.148. The number of aromatic hydroxyl groups is 2. The quantitative estimate of drug-likeness (QED) is 0.112. The first kappa shape index (κ1) is 37.0. The van der Waals surface area contributed by atoms with E-state index in [2.05, 4.69) is 26.4 Å². The Kier molecular flexibility index (Phi) is 15.4. The molecule has 0 heterocycles. The number of amidine groups is 2. The molecule has 0 radical (unpaired) electrons. The van der Waals surface area contributed by atoms with Crippen molar-refractivity contribution in [2.24, 2.45) is 15.0 Å². The Balaban J connectivity index is 0.00000236. The van der Waals surface area contributed by atoms with E-state index in [9.17, 15) is 19.8 Å². The van der Waals surface area contributed by atoms with Crippen LogP contribution >= 0.6 is 0 Å². The number of hydrogen-bond donors (Lipinski definition) is 2. The highest BCUT2D eigenvalue weighted by Gasteiger charge is 2.20. The maximum Gasteiger partial charge on any atom is 0.347 e. The van der Waals surface area contributed by atoms with E-state index in [1.54, 1.807) is 58.6 Å². The summed E-state index contributed by atoms with van der Waals surface area (Å²) >= 11 is 0. The molecule has 3 aromatic carbocycles. The van der Waals surface area contributed by atoms with E-state index in [0.717, 1.165) is 5.56 Å². The summed E-state index contributed by atoms with van der Waals surface area (Å²) in [5.74, 6) is 0.384. The van der Waals surface area contributed by atoms with Crippen molar-refractivity contribution in [3.05, 3.63) is 77.4 Å². The van der Waals surface area contributed by atoms with Crippen molar-refractivity contribution in [1.82, 2.24) is 0 Å². The Morgan fingerprint density at radius 2 is 1.37 bits per heavy atom. The summed E-state index contributed by atoms with van der Waals surface area (Å²) < 4.78 is 25.5. The van der Waals surface area contributed by atoms with E-state index in [1.807, 2.05) is 19.1 Å². The second kappa shape index (κ2) is 19.2. The van der Waals surface area contributed by atoms with Crippen molar-refractivity contribution < 1.29 is 43.5 Å². The predicted octanol–water partition coefficient (Wildman–Crippen LogP) is 5.15. The van der Waals surface area contributed by atoms with E-state index in [-0.39, 0.29) is 46.6 Å². The first-order valence-corrected chi connectivity index (χ1v) is 14.3. The van der Waals surface area contributed by atoms with Gasteiger partial charge in [0.1, 0.15) is 28.7 Å². The molecule has 3 aromatic rings. The number of nitrogens with zero attached hydrogens (tertiary/aromatic N) is 3. The van der Waals surface area contributed by atoms with E-state index < -0.39 is 18.2 Å². The fourth-order valence-corrected chi connectivity index (χ4v) is 3.88. The largest absolute Gasteiger partial charge is 0.507 e. The van der Waals surface area contributed by atoms with Gasteiger partial charge < -0.3 is 33.9 Å². The zero-order valence-corrected chi connectivity index (χ0v) is 26.9. The van der Waals surface area contributed by atoms with Gasteiger partial charge in [-0.25, -0.2) is 14.8 Å². The van der Waals surface area contributed by atoms with E-state index in [4.69, 9.17) is 18.9 Å². The van der Waals surface area contributed by atoms with Crippen LogP contribution in [0.15, 0.2) is 75.6 Å². The molecular weight excluding hydrogens is 594 g/mol. The van der Waals surface area contributed by atoms with Crippen LogP contribution in [-0.4, -0.2) is 81.5 Å². The van der Waals surface area contributed by atoms with Crippen LogP contribution in [0, 0.1) is 0 Å². The van der Waals surface area contributed by atoms with Crippen molar-refractivity contribution in [2.75, 3.05) is 28.4 Å². The molecular formula is C34H41N3O9. The predicted molar refractivity (Wildman–Crippen MR) is 176 cm³/mol. The average Bonchev–Trinajstić information content (AvgIpc) is 3.07. The van der Waals surface area contributed by atoms with Crippen molar-refractivity contribution in [1.29, 1.82) is 0 Å². The minimum atomic E-state index is -0.845. The van der Waals surface area contributed by atoms with Crippen LogP contribution < -0.4 is 14.2 Å².